The predicted octanol–water partition coefficient (Wildman–Crippen LogP) is 4.41. The van der Waals surface area contributed by atoms with Gasteiger partial charge in [-0.25, -0.2) is 8.78 Å². The summed E-state index contributed by atoms with van der Waals surface area (Å²) in [5.74, 6) is -0.764. The van der Waals surface area contributed by atoms with Gasteiger partial charge in [0, 0.05) is 16.0 Å². The number of halogens is 3. The SMILES string of the molecule is NC(c1cc2cc(Cl)ccc2o1)c1cc(F)ccc1F. The number of hydrogen-bond acceptors (Lipinski definition) is 2. The highest BCUT2D eigenvalue weighted by atomic mass is 35.5. The number of rotatable bonds is 2. The summed E-state index contributed by atoms with van der Waals surface area (Å²) < 4.78 is 32.5. The van der Waals surface area contributed by atoms with Gasteiger partial charge in [-0.3, -0.25) is 0 Å². The second kappa shape index (κ2) is 4.89. The van der Waals surface area contributed by atoms with Gasteiger partial charge in [-0.2, -0.15) is 0 Å². The van der Waals surface area contributed by atoms with Gasteiger partial charge in [0.25, 0.3) is 0 Å². The third kappa shape index (κ3) is 2.28. The molecule has 3 aromatic rings. The average Bonchev–Trinajstić information content (AvgIpc) is 2.83. The van der Waals surface area contributed by atoms with Gasteiger partial charge in [0.15, 0.2) is 0 Å². The summed E-state index contributed by atoms with van der Waals surface area (Å²) in [6, 6.07) is 9.07. The molecule has 1 aromatic heterocycles. The van der Waals surface area contributed by atoms with Crippen molar-refractivity contribution in [3.8, 4) is 0 Å². The number of hydrogen-bond donors (Lipinski definition) is 1. The van der Waals surface area contributed by atoms with E-state index < -0.39 is 17.7 Å². The Hall–Kier alpha value is -1.91. The largest absolute Gasteiger partial charge is 0.459 e. The molecule has 0 aliphatic rings. The van der Waals surface area contributed by atoms with E-state index in [1.807, 2.05) is 0 Å². The summed E-state index contributed by atoms with van der Waals surface area (Å²) in [6.07, 6.45) is 0. The quantitative estimate of drug-likeness (QED) is 0.760. The van der Waals surface area contributed by atoms with E-state index in [4.69, 9.17) is 21.8 Å². The molecular weight excluding hydrogens is 284 g/mol. The highest BCUT2D eigenvalue weighted by molar-refractivity contribution is 6.31. The van der Waals surface area contributed by atoms with Crippen molar-refractivity contribution in [1.82, 2.24) is 0 Å². The van der Waals surface area contributed by atoms with Crippen molar-refractivity contribution in [3.63, 3.8) is 0 Å². The molecule has 0 saturated carbocycles. The molecule has 0 aliphatic carbocycles. The monoisotopic (exact) mass is 293 g/mol. The zero-order valence-electron chi connectivity index (χ0n) is 10.2. The molecule has 0 saturated heterocycles. The first kappa shape index (κ1) is 13.1. The van der Waals surface area contributed by atoms with Crippen LogP contribution in [0.2, 0.25) is 5.02 Å². The van der Waals surface area contributed by atoms with Crippen LogP contribution in [0.25, 0.3) is 11.0 Å². The maximum Gasteiger partial charge on any atom is 0.134 e. The molecule has 0 bridgehead atoms. The first-order valence-electron chi connectivity index (χ1n) is 5.94. The van der Waals surface area contributed by atoms with Crippen LogP contribution in [0, 0.1) is 11.6 Å². The Bertz CT molecular complexity index is 785. The minimum atomic E-state index is -0.878. The first-order chi connectivity index (χ1) is 9.54. The number of nitrogens with two attached hydrogens (primary N) is 1. The molecular formula is C15H10ClF2NO. The van der Waals surface area contributed by atoms with Crippen molar-refractivity contribution in [3.05, 3.63) is 70.4 Å². The summed E-state index contributed by atoms with van der Waals surface area (Å²) in [5, 5.41) is 1.33. The highest BCUT2D eigenvalue weighted by Gasteiger charge is 2.18. The maximum atomic E-state index is 13.7. The van der Waals surface area contributed by atoms with Crippen LogP contribution in [0.1, 0.15) is 17.4 Å². The predicted molar refractivity (Wildman–Crippen MR) is 73.6 cm³/mol. The Morgan fingerprint density at radius 3 is 2.65 bits per heavy atom. The van der Waals surface area contributed by atoms with Crippen LogP contribution in [0.4, 0.5) is 8.78 Å². The van der Waals surface area contributed by atoms with Crippen molar-refractivity contribution in [2.75, 3.05) is 0 Å². The van der Waals surface area contributed by atoms with Gasteiger partial charge < -0.3 is 10.2 Å². The van der Waals surface area contributed by atoms with E-state index in [0.29, 0.717) is 16.4 Å². The fourth-order valence-corrected chi connectivity index (χ4v) is 2.27. The second-order valence-corrected chi connectivity index (χ2v) is 4.91. The van der Waals surface area contributed by atoms with Crippen LogP contribution in [0.15, 0.2) is 46.9 Å². The van der Waals surface area contributed by atoms with Gasteiger partial charge >= 0.3 is 0 Å². The van der Waals surface area contributed by atoms with Crippen LogP contribution < -0.4 is 5.73 Å². The Morgan fingerprint density at radius 1 is 1.05 bits per heavy atom. The minimum Gasteiger partial charge on any atom is -0.459 e. The van der Waals surface area contributed by atoms with Crippen LogP contribution in [0.5, 0.6) is 0 Å². The molecule has 20 heavy (non-hydrogen) atoms. The van der Waals surface area contributed by atoms with Crippen molar-refractivity contribution in [1.29, 1.82) is 0 Å². The molecule has 0 spiro atoms. The van der Waals surface area contributed by atoms with E-state index in [0.717, 1.165) is 23.6 Å². The van der Waals surface area contributed by atoms with E-state index >= 15 is 0 Å². The molecule has 102 valence electrons. The van der Waals surface area contributed by atoms with E-state index in [2.05, 4.69) is 0 Å². The molecule has 0 radical (unpaired) electrons. The van der Waals surface area contributed by atoms with Gasteiger partial charge in [0.05, 0.1) is 6.04 Å². The Morgan fingerprint density at radius 2 is 1.85 bits per heavy atom. The minimum absolute atomic E-state index is 0.0511. The lowest BCUT2D eigenvalue weighted by Gasteiger charge is -2.10. The molecule has 5 heteroatoms. The van der Waals surface area contributed by atoms with Crippen molar-refractivity contribution >= 4 is 22.6 Å². The number of benzene rings is 2. The zero-order valence-corrected chi connectivity index (χ0v) is 11.0. The van der Waals surface area contributed by atoms with Crippen LogP contribution in [0.3, 0.4) is 0 Å². The summed E-state index contributed by atoms with van der Waals surface area (Å²) >= 11 is 5.89. The first-order valence-corrected chi connectivity index (χ1v) is 6.32. The molecule has 2 aromatic carbocycles. The smallest absolute Gasteiger partial charge is 0.134 e. The molecule has 1 heterocycles. The summed E-state index contributed by atoms with van der Waals surface area (Å²) in [6.45, 7) is 0. The lowest BCUT2D eigenvalue weighted by molar-refractivity contribution is 0.506. The van der Waals surface area contributed by atoms with Crippen molar-refractivity contribution < 1.29 is 13.2 Å². The molecule has 2 nitrogen and oxygen atoms in total. The fraction of sp³-hybridized carbons (Fsp3) is 0.0667. The number of fused-ring (bicyclic) bond motifs is 1. The summed E-state index contributed by atoms with van der Waals surface area (Å²) in [4.78, 5) is 0. The standard InChI is InChI=1S/C15H10ClF2NO/c16-9-1-4-13-8(5-9)6-14(20-13)15(19)11-7-10(17)2-3-12(11)18/h1-7,15H,19H2. The maximum absolute atomic E-state index is 13.7. The normalized spacial score (nSPS) is 12.8. The van der Waals surface area contributed by atoms with Crippen molar-refractivity contribution in [2.24, 2.45) is 5.73 Å². The zero-order chi connectivity index (χ0) is 14.3. The molecule has 1 atom stereocenters. The van der Waals surface area contributed by atoms with Gasteiger partial charge in [0.2, 0.25) is 0 Å². The second-order valence-electron chi connectivity index (χ2n) is 4.47. The Kier molecular flexibility index (Phi) is 3.20. The van der Waals surface area contributed by atoms with E-state index in [1.54, 1.807) is 24.3 Å². The van der Waals surface area contributed by atoms with Crippen LogP contribution >= 0.6 is 11.6 Å². The van der Waals surface area contributed by atoms with Gasteiger partial charge in [0.1, 0.15) is 23.0 Å². The molecule has 0 fully saturated rings. The topological polar surface area (TPSA) is 39.2 Å². The van der Waals surface area contributed by atoms with Crippen LogP contribution in [-0.2, 0) is 0 Å². The Balaban J connectivity index is 2.07. The van der Waals surface area contributed by atoms with Gasteiger partial charge in [-0.1, -0.05) is 11.6 Å². The van der Waals surface area contributed by atoms with Gasteiger partial charge in [-0.15, -0.1) is 0 Å². The fourth-order valence-electron chi connectivity index (χ4n) is 2.09. The molecule has 1 unspecified atom stereocenters. The highest BCUT2D eigenvalue weighted by Crippen LogP contribution is 2.29. The van der Waals surface area contributed by atoms with Crippen LogP contribution in [-0.4, -0.2) is 0 Å². The summed E-state index contributed by atoms with van der Waals surface area (Å²) in [5.41, 5.74) is 6.60. The Labute approximate surface area is 118 Å². The van der Waals surface area contributed by atoms with Gasteiger partial charge in [-0.05, 0) is 42.5 Å². The molecule has 3 rings (SSSR count). The van der Waals surface area contributed by atoms with E-state index in [-0.39, 0.29) is 5.56 Å². The van der Waals surface area contributed by atoms with E-state index in [9.17, 15) is 8.78 Å². The molecule has 0 aliphatic heterocycles. The lowest BCUT2D eigenvalue weighted by Crippen LogP contribution is -2.13. The van der Waals surface area contributed by atoms with Crippen molar-refractivity contribution in [2.45, 2.75) is 6.04 Å². The molecule has 2 N–H and O–H groups in total. The summed E-state index contributed by atoms with van der Waals surface area (Å²) in [7, 11) is 0. The number of furan rings is 1. The van der Waals surface area contributed by atoms with E-state index in [1.165, 1.54) is 0 Å². The molecule has 0 amide bonds. The third-order valence-corrected chi connectivity index (χ3v) is 3.33. The average molecular weight is 294 g/mol. The third-order valence-electron chi connectivity index (χ3n) is 3.10. The lowest BCUT2D eigenvalue weighted by atomic mass is 10.0.